The molecule has 8 nitrogen and oxygen atoms in total. The maximum absolute atomic E-state index is 5.39. The molecule has 9 heteroatoms. The van der Waals surface area contributed by atoms with Crippen molar-refractivity contribution in [1.29, 1.82) is 0 Å². The number of ether oxygens (including phenoxy) is 1. The van der Waals surface area contributed by atoms with Crippen molar-refractivity contribution in [2.45, 2.75) is 24.8 Å². The van der Waals surface area contributed by atoms with Crippen LogP contribution in [-0.2, 0) is 5.75 Å². The molecule has 0 radical (unpaired) electrons. The minimum atomic E-state index is 0.452. The second-order valence-electron chi connectivity index (χ2n) is 6.09. The molecule has 0 N–H and O–H groups in total. The van der Waals surface area contributed by atoms with Gasteiger partial charge >= 0.3 is 0 Å². The van der Waals surface area contributed by atoms with E-state index in [2.05, 4.69) is 45.6 Å². The van der Waals surface area contributed by atoms with Crippen LogP contribution < -0.4 is 4.74 Å². The molecule has 0 saturated heterocycles. The van der Waals surface area contributed by atoms with Gasteiger partial charge in [-0.3, -0.25) is 0 Å². The first-order valence-electron chi connectivity index (χ1n) is 8.61. The average Bonchev–Trinajstić information content (AvgIpc) is 3.38. The van der Waals surface area contributed by atoms with Crippen LogP contribution in [0.25, 0.3) is 17.1 Å². The highest BCUT2D eigenvalue weighted by atomic mass is 32.2. The summed E-state index contributed by atoms with van der Waals surface area (Å²) in [7, 11) is 1.61. The minimum Gasteiger partial charge on any atom is -0.496 e. The van der Waals surface area contributed by atoms with Gasteiger partial charge in [-0.2, -0.15) is 9.67 Å². The van der Waals surface area contributed by atoms with Gasteiger partial charge in [0.2, 0.25) is 16.9 Å². The van der Waals surface area contributed by atoms with E-state index in [4.69, 9.17) is 9.26 Å². The Hall–Kier alpha value is -3.20. The summed E-state index contributed by atoms with van der Waals surface area (Å²) in [5.74, 6) is 2.12. The third-order valence-corrected chi connectivity index (χ3v) is 5.29. The molecule has 4 aromatic rings. The summed E-state index contributed by atoms with van der Waals surface area (Å²) in [6.45, 7) is 4.12. The van der Waals surface area contributed by atoms with E-state index in [0.717, 1.165) is 16.8 Å². The van der Waals surface area contributed by atoms with Gasteiger partial charge in [0.15, 0.2) is 0 Å². The van der Waals surface area contributed by atoms with Gasteiger partial charge in [0.05, 0.1) is 24.1 Å². The van der Waals surface area contributed by atoms with Crippen LogP contribution >= 0.6 is 11.8 Å². The molecule has 0 amide bonds. The second-order valence-corrected chi connectivity index (χ2v) is 7.04. The topological polar surface area (TPSA) is 91.8 Å². The number of thioether (sulfide) groups is 1. The third kappa shape index (κ3) is 3.48. The summed E-state index contributed by atoms with van der Waals surface area (Å²) < 4.78 is 12.5. The summed E-state index contributed by atoms with van der Waals surface area (Å²) in [6.07, 6.45) is 0. The number of benzene rings is 2. The van der Waals surface area contributed by atoms with Crippen molar-refractivity contribution in [3.63, 3.8) is 0 Å². The van der Waals surface area contributed by atoms with Crippen molar-refractivity contribution >= 4 is 11.8 Å². The van der Waals surface area contributed by atoms with E-state index in [0.29, 0.717) is 28.4 Å². The Bertz CT molecular complexity index is 1110. The zero-order valence-electron chi connectivity index (χ0n) is 15.7. The first-order chi connectivity index (χ1) is 13.7. The zero-order chi connectivity index (χ0) is 19.5. The monoisotopic (exact) mass is 394 g/mol. The molecule has 2 heterocycles. The summed E-state index contributed by atoms with van der Waals surface area (Å²) in [4.78, 5) is 4.47. The lowest BCUT2D eigenvalue weighted by atomic mass is 10.1. The third-order valence-electron chi connectivity index (χ3n) is 4.39. The lowest BCUT2D eigenvalue weighted by Crippen LogP contribution is -2.02. The number of rotatable bonds is 6. The molecule has 28 heavy (non-hydrogen) atoms. The summed E-state index contributed by atoms with van der Waals surface area (Å²) in [5.41, 5.74) is 4.05. The fourth-order valence-corrected chi connectivity index (χ4v) is 3.48. The van der Waals surface area contributed by atoms with Crippen molar-refractivity contribution in [3.05, 3.63) is 59.5 Å². The highest BCUT2D eigenvalue weighted by Crippen LogP contribution is 2.29. The van der Waals surface area contributed by atoms with Gasteiger partial charge in [0.25, 0.3) is 0 Å². The molecule has 4 rings (SSSR count). The molecular formula is C19H18N6O2S. The number of hydrogen-bond acceptors (Lipinski definition) is 8. The second kappa shape index (κ2) is 7.81. The molecule has 0 atom stereocenters. The number of aromatic nitrogens is 6. The van der Waals surface area contributed by atoms with Crippen molar-refractivity contribution < 1.29 is 9.26 Å². The van der Waals surface area contributed by atoms with Gasteiger partial charge in [-0.1, -0.05) is 41.2 Å². The number of para-hydroxylation sites is 1. The molecule has 0 bridgehead atoms. The molecule has 0 aliphatic carbocycles. The van der Waals surface area contributed by atoms with Crippen LogP contribution in [-0.4, -0.2) is 37.5 Å². The lowest BCUT2D eigenvalue weighted by molar-refractivity contribution is 0.390. The minimum absolute atomic E-state index is 0.452. The van der Waals surface area contributed by atoms with Crippen molar-refractivity contribution in [3.8, 4) is 22.8 Å². The Morgan fingerprint density at radius 2 is 1.96 bits per heavy atom. The van der Waals surface area contributed by atoms with E-state index in [9.17, 15) is 0 Å². The van der Waals surface area contributed by atoms with Gasteiger partial charge in [0, 0.05) is 0 Å². The standard InChI is InChI=1S/C19H18N6O2S/c1-12-7-6-9-15(13(12)2)25-19(21-23-24-25)28-11-17-20-18(22-27-17)14-8-4-5-10-16(14)26-3/h4-10H,11H2,1-3H3. The molecule has 0 aliphatic rings. The van der Waals surface area contributed by atoms with E-state index >= 15 is 0 Å². The molecule has 2 aromatic carbocycles. The quantitative estimate of drug-likeness (QED) is 0.458. The molecule has 0 aliphatic heterocycles. The maximum Gasteiger partial charge on any atom is 0.237 e. The van der Waals surface area contributed by atoms with Crippen LogP contribution in [0, 0.1) is 13.8 Å². The number of aryl methyl sites for hydroxylation is 1. The Morgan fingerprint density at radius 1 is 1.11 bits per heavy atom. The van der Waals surface area contributed by atoms with Gasteiger partial charge in [-0.05, 0) is 53.6 Å². The summed E-state index contributed by atoms with van der Waals surface area (Å²) in [6, 6.07) is 13.6. The van der Waals surface area contributed by atoms with Crippen LogP contribution in [0.5, 0.6) is 5.75 Å². The number of tetrazole rings is 1. The van der Waals surface area contributed by atoms with Gasteiger partial charge < -0.3 is 9.26 Å². The predicted octanol–water partition coefficient (Wildman–Crippen LogP) is 3.63. The molecular weight excluding hydrogens is 376 g/mol. The SMILES string of the molecule is COc1ccccc1-c1noc(CSc2nnnn2-c2cccc(C)c2C)n1. The van der Waals surface area contributed by atoms with Gasteiger partial charge in [0.1, 0.15) is 5.75 Å². The van der Waals surface area contributed by atoms with Crippen LogP contribution in [0.3, 0.4) is 0 Å². The molecule has 0 spiro atoms. The fraction of sp³-hybridized carbons (Fsp3) is 0.211. The first kappa shape index (κ1) is 18.2. The lowest BCUT2D eigenvalue weighted by Gasteiger charge is -2.08. The first-order valence-corrected chi connectivity index (χ1v) is 9.59. The number of nitrogens with zero attached hydrogens (tertiary/aromatic N) is 6. The Morgan fingerprint density at radius 3 is 2.82 bits per heavy atom. The van der Waals surface area contributed by atoms with Crippen LogP contribution in [0.1, 0.15) is 17.0 Å². The van der Waals surface area contributed by atoms with Gasteiger partial charge in [-0.25, -0.2) is 0 Å². The fourth-order valence-electron chi connectivity index (χ4n) is 2.76. The smallest absolute Gasteiger partial charge is 0.237 e. The number of hydrogen-bond donors (Lipinski definition) is 0. The van der Waals surface area contributed by atoms with Crippen LogP contribution in [0.2, 0.25) is 0 Å². The highest BCUT2D eigenvalue weighted by molar-refractivity contribution is 7.98. The predicted molar refractivity (Wildman–Crippen MR) is 104 cm³/mol. The molecule has 142 valence electrons. The maximum atomic E-state index is 5.39. The summed E-state index contributed by atoms with van der Waals surface area (Å²) >= 11 is 1.43. The van der Waals surface area contributed by atoms with E-state index in [1.807, 2.05) is 36.4 Å². The molecule has 2 aromatic heterocycles. The van der Waals surface area contributed by atoms with Crippen molar-refractivity contribution in [2.24, 2.45) is 0 Å². The summed E-state index contributed by atoms with van der Waals surface area (Å²) in [5, 5.41) is 16.8. The van der Waals surface area contributed by atoms with E-state index < -0.39 is 0 Å². The zero-order valence-corrected chi connectivity index (χ0v) is 16.5. The van der Waals surface area contributed by atoms with Crippen LogP contribution in [0.15, 0.2) is 52.1 Å². The van der Waals surface area contributed by atoms with Gasteiger partial charge in [-0.15, -0.1) is 5.10 Å². The average molecular weight is 394 g/mol. The Labute approximate surface area is 165 Å². The molecule has 0 fully saturated rings. The van der Waals surface area contributed by atoms with E-state index in [1.165, 1.54) is 17.3 Å². The Balaban J connectivity index is 1.53. The highest BCUT2D eigenvalue weighted by Gasteiger charge is 2.16. The molecule has 0 unspecified atom stereocenters. The van der Waals surface area contributed by atoms with E-state index in [1.54, 1.807) is 11.8 Å². The normalized spacial score (nSPS) is 11.0. The number of methoxy groups -OCH3 is 1. The van der Waals surface area contributed by atoms with E-state index in [-0.39, 0.29) is 0 Å². The van der Waals surface area contributed by atoms with Crippen LogP contribution in [0.4, 0.5) is 0 Å². The Kier molecular flexibility index (Phi) is 5.07. The molecule has 0 saturated carbocycles. The van der Waals surface area contributed by atoms with Crippen molar-refractivity contribution in [1.82, 2.24) is 30.3 Å². The largest absolute Gasteiger partial charge is 0.496 e. The van der Waals surface area contributed by atoms with Crippen molar-refractivity contribution in [2.75, 3.05) is 7.11 Å².